The Morgan fingerprint density at radius 3 is 2.28 bits per heavy atom. The molecule has 1 saturated heterocycles. The number of nitrogens with two attached hydrogens (primary N) is 3. The maximum Gasteiger partial charge on any atom is 0.305 e. The number of carboxylic acid groups (broad SMARTS) is 1. The summed E-state index contributed by atoms with van der Waals surface area (Å²) in [5, 5.41) is 11.7. The molecular weight excluding hydrogens is 422 g/mol. The molecule has 1 aliphatic carbocycles. The third-order valence-electron chi connectivity index (χ3n) is 5.78. The normalized spacial score (nSPS) is 23.4. The van der Waals surface area contributed by atoms with E-state index in [-0.39, 0.29) is 44.0 Å². The van der Waals surface area contributed by atoms with Gasteiger partial charge in [-0.3, -0.25) is 29.0 Å². The van der Waals surface area contributed by atoms with Crippen molar-refractivity contribution >= 4 is 35.6 Å². The Hall–Kier alpha value is -3.38. The predicted octanol–water partition coefficient (Wildman–Crippen LogP) is -2.82. The van der Waals surface area contributed by atoms with E-state index in [0.29, 0.717) is 25.3 Å². The highest BCUT2D eigenvalue weighted by Crippen LogP contribution is 2.29. The van der Waals surface area contributed by atoms with Crippen molar-refractivity contribution in [3.8, 4) is 0 Å². The van der Waals surface area contributed by atoms with Crippen molar-refractivity contribution in [2.24, 2.45) is 34.0 Å². The second kappa shape index (κ2) is 11.3. The molecule has 4 amide bonds. The number of piperazine rings is 1. The Morgan fingerprint density at radius 2 is 1.72 bits per heavy atom. The summed E-state index contributed by atoms with van der Waals surface area (Å²) in [6, 6.07) is -1.25. The van der Waals surface area contributed by atoms with Gasteiger partial charge in [0.2, 0.25) is 23.6 Å². The van der Waals surface area contributed by atoms with Crippen LogP contribution in [0.1, 0.15) is 32.1 Å². The number of carbonyl (C=O) groups excluding carboxylic acids is 4. The molecule has 0 radical (unpaired) electrons. The molecule has 0 spiro atoms. The SMILES string of the molecule is NC(=O)CN1CCN(C(=O)CNC(=O)C2CCC(CN=C(N)N)CC2)C(CC(=O)O)C1=O. The van der Waals surface area contributed by atoms with Gasteiger partial charge >= 0.3 is 5.97 Å². The molecule has 13 nitrogen and oxygen atoms in total. The Kier molecular flexibility index (Phi) is 8.79. The van der Waals surface area contributed by atoms with Gasteiger partial charge in [-0.25, -0.2) is 0 Å². The molecule has 13 heteroatoms. The maximum absolute atomic E-state index is 12.7. The number of carbonyl (C=O) groups is 5. The van der Waals surface area contributed by atoms with Crippen molar-refractivity contribution in [3.05, 3.63) is 0 Å². The molecule has 1 atom stereocenters. The van der Waals surface area contributed by atoms with Gasteiger partial charge < -0.3 is 37.4 Å². The number of aliphatic carboxylic acids is 1. The van der Waals surface area contributed by atoms with Crippen LogP contribution in [-0.2, 0) is 24.0 Å². The summed E-state index contributed by atoms with van der Waals surface area (Å²) in [6.07, 6.45) is 2.28. The van der Waals surface area contributed by atoms with Crippen LogP contribution < -0.4 is 22.5 Å². The van der Waals surface area contributed by atoms with Crippen LogP contribution >= 0.6 is 0 Å². The van der Waals surface area contributed by atoms with Gasteiger partial charge in [0.05, 0.1) is 19.5 Å². The summed E-state index contributed by atoms with van der Waals surface area (Å²) in [6.45, 7) is -0.0690. The second-order valence-electron chi connectivity index (χ2n) is 8.13. The Labute approximate surface area is 185 Å². The first-order chi connectivity index (χ1) is 15.1. The lowest BCUT2D eigenvalue weighted by Crippen LogP contribution is -2.61. The quantitative estimate of drug-likeness (QED) is 0.181. The number of carboxylic acids is 1. The second-order valence-corrected chi connectivity index (χ2v) is 8.13. The number of nitrogens with one attached hydrogen (secondary N) is 1. The van der Waals surface area contributed by atoms with Crippen molar-refractivity contribution in [1.29, 1.82) is 0 Å². The van der Waals surface area contributed by atoms with E-state index >= 15 is 0 Å². The van der Waals surface area contributed by atoms with E-state index in [1.807, 2.05) is 0 Å². The van der Waals surface area contributed by atoms with Gasteiger partial charge in [0, 0.05) is 25.6 Å². The fraction of sp³-hybridized carbons (Fsp3) is 0.684. The maximum atomic E-state index is 12.7. The first kappa shape index (κ1) is 24.9. The molecule has 178 valence electrons. The van der Waals surface area contributed by atoms with Crippen LogP contribution in [0, 0.1) is 11.8 Å². The number of nitrogens with zero attached hydrogens (tertiary/aromatic N) is 3. The summed E-state index contributed by atoms with van der Waals surface area (Å²) < 4.78 is 0. The number of hydrogen-bond donors (Lipinski definition) is 5. The van der Waals surface area contributed by atoms with Gasteiger partial charge in [-0.05, 0) is 31.6 Å². The Bertz CT molecular complexity index is 774. The first-order valence-electron chi connectivity index (χ1n) is 10.5. The summed E-state index contributed by atoms with van der Waals surface area (Å²) in [5.74, 6) is -3.35. The zero-order valence-electron chi connectivity index (χ0n) is 17.9. The highest BCUT2D eigenvalue weighted by molar-refractivity contribution is 5.95. The van der Waals surface area contributed by atoms with Crippen LogP contribution in [0.2, 0.25) is 0 Å². The Morgan fingerprint density at radius 1 is 1.06 bits per heavy atom. The monoisotopic (exact) mass is 453 g/mol. The van der Waals surface area contributed by atoms with Crippen molar-refractivity contribution in [2.75, 3.05) is 32.7 Å². The van der Waals surface area contributed by atoms with Crippen molar-refractivity contribution < 1.29 is 29.1 Å². The number of primary amides is 1. The topological polar surface area (TPSA) is 215 Å². The summed E-state index contributed by atoms with van der Waals surface area (Å²) in [7, 11) is 0. The minimum atomic E-state index is -1.26. The third-order valence-corrected chi connectivity index (χ3v) is 5.78. The molecule has 1 heterocycles. The average Bonchev–Trinajstić information content (AvgIpc) is 2.73. The van der Waals surface area contributed by atoms with Crippen molar-refractivity contribution in [3.63, 3.8) is 0 Å². The fourth-order valence-electron chi connectivity index (χ4n) is 4.10. The van der Waals surface area contributed by atoms with Gasteiger partial charge in [0.15, 0.2) is 5.96 Å². The molecule has 1 unspecified atom stereocenters. The molecule has 0 aromatic rings. The number of aliphatic imine (C=N–C) groups is 1. The third kappa shape index (κ3) is 7.10. The fourth-order valence-corrected chi connectivity index (χ4v) is 4.10. The largest absolute Gasteiger partial charge is 0.481 e. The van der Waals surface area contributed by atoms with Gasteiger partial charge in [-0.1, -0.05) is 0 Å². The lowest BCUT2D eigenvalue weighted by molar-refractivity contribution is -0.156. The van der Waals surface area contributed by atoms with Gasteiger partial charge in [0.1, 0.15) is 6.04 Å². The smallest absolute Gasteiger partial charge is 0.305 e. The van der Waals surface area contributed by atoms with Crippen LogP contribution in [-0.4, -0.2) is 89.2 Å². The standard InChI is InChI=1S/C19H31N7O6/c20-14(27)10-25-5-6-26(13(18(25)32)7-16(29)30)15(28)9-23-17(31)12-3-1-11(2-4-12)8-24-19(21)22/h11-13H,1-10H2,(H2,20,27)(H,23,31)(H,29,30)(H4,21,22,24). The minimum Gasteiger partial charge on any atom is -0.481 e. The van der Waals surface area contributed by atoms with E-state index in [4.69, 9.17) is 22.3 Å². The highest BCUT2D eigenvalue weighted by atomic mass is 16.4. The summed E-state index contributed by atoms with van der Waals surface area (Å²) in [5.41, 5.74) is 15.8. The predicted molar refractivity (Wildman–Crippen MR) is 113 cm³/mol. The number of amides is 4. The lowest BCUT2D eigenvalue weighted by atomic mass is 9.81. The molecule has 2 rings (SSSR count). The van der Waals surface area contributed by atoms with E-state index < -0.39 is 36.2 Å². The van der Waals surface area contributed by atoms with Crippen molar-refractivity contribution in [1.82, 2.24) is 15.1 Å². The first-order valence-corrected chi connectivity index (χ1v) is 10.5. The number of rotatable bonds is 9. The Balaban J connectivity index is 1.88. The summed E-state index contributed by atoms with van der Waals surface area (Å²) in [4.78, 5) is 66.4. The molecule has 0 bridgehead atoms. The van der Waals surface area contributed by atoms with Crippen LogP contribution in [0.25, 0.3) is 0 Å². The van der Waals surface area contributed by atoms with E-state index in [0.717, 1.165) is 22.6 Å². The van der Waals surface area contributed by atoms with Gasteiger partial charge in [0.25, 0.3) is 0 Å². The van der Waals surface area contributed by atoms with E-state index in [9.17, 15) is 24.0 Å². The average molecular weight is 454 g/mol. The number of hydrogen-bond acceptors (Lipinski definition) is 6. The lowest BCUT2D eigenvalue weighted by Gasteiger charge is -2.39. The summed E-state index contributed by atoms with van der Waals surface area (Å²) >= 11 is 0. The molecule has 0 aromatic carbocycles. The van der Waals surface area contributed by atoms with E-state index in [1.165, 1.54) is 0 Å². The van der Waals surface area contributed by atoms with Crippen molar-refractivity contribution in [2.45, 2.75) is 38.1 Å². The zero-order chi connectivity index (χ0) is 23.8. The van der Waals surface area contributed by atoms with Crippen LogP contribution in [0.15, 0.2) is 4.99 Å². The molecule has 8 N–H and O–H groups in total. The molecule has 1 aliphatic heterocycles. The van der Waals surface area contributed by atoms with E-state index in [1.54, 1.807) is 0 Å². The molecule has 2 aliphatic rings. The highest BCUT2D eigenvalue weighted by Gasteiger charge is 2.39. The molecule has 32 heavy (non-hydrogen) atoms. The molecule has 0 aromatic heterocycles. The van der Waals surface area contributed by atoms with Crippen LogP contribution in [0.5, 0.6) is 0 Å². The zero-order valence-corrected chi connectivity index (χ0v) is 17.9. The molecule has 2 fully saturated rings. The molecular formula is C19H31N7O6. The van der Waals surface area contributed by atoms with E-state index in [2.05, 4.69) is 10.3 Å². The minimum absolute atomic E-state index is 0.0403. The van der Waals surface area contributed by atoms with Gasteiger partial charge in [-0.15, -0.1) is 0 Å². The van der Waals surface area contributed by atoms with Crippen LogP contribution in [0.3, 0.4) is 0 Å². The molecule has 1 saturated carbocycles. The van der Waals surface area contributed by atoms with Gasteiger partial charge in [-0.2, -0.15) is 0 Å². The number of guanidine groups is 1. The van der Waals surface area contributed by atoms with Crippen LogP contribution in [0.4, 0.5) is 0 Å².